The number of carbonyl (C=O) groups excluding carboxylic acids is 2. The molecule has 0 rings (SSSR count). The summed E-state index contributed by atoms with van der Waals surface area (Å²) in [5.74, 6) is -1.54. The van der Waals surface area contributed by atoms with Crippen LogP contribution < -0.4 is 0 Å². The molecule has 0 fully saturated rings. The highest BCUT2D eigenvalue weighted by Crippen LogP contribution is 2.13. The average Bonchev–Trinajstić information content (AvgIpc) is 3.01. The molecule has 0 aliphatic carbocycles. The van der Waals surface area contributed by atoms with Crippen molar-refractivity contribution in [3.8, 4) is 0 Å². The molecule has 274 valence electrons. The maximum atomic E-state index is 12.5. The number of esters is 2. The van der Waals surface area contributed by atoms with E-state index in [9.17, 15) is 19.5 Å². The molecule has 2 atom stereocenters. The Hall–Kier alpha value is -2.19. The molecule has 0 saturated carbocycles. The van der Waals surface area contributed by atoms with Gasteiger partial charge < -0.3 is 23.8 Å². The molecule has 0 spiro atoms. The zero-order valence-corrected chi connectivity index (χ0v) is 31.0. The summed E-state index contributed by atoms with van der Waals surface area (Å²) in [7, 11) is 5.50. The second-order valence-corrected chi connectivity index (χ2v) is 13.8. The van der Waals surface area contributed by atoms with Crippen molar-refractivity contribution in [1.29, 1.82) is 0 Å². The fourth-order valence-corrected chi connectivity index (χ4v) is 5.34. The van der Waals surface area contributed by atoms with Gasteiger partial charge in [0.05, 0.1) is 34.4 Å². The van der Waals surface area contributed by atoms with E-state index in [1.807, 2.05) is 27.2 Å². The number of unbranched alkanes of at least 4 members (excludes halogenated alkanes) is 15. The van der Waals surface area contributed by atoms with E-state index in [2.05, 4.69) is 32.1 Å². The second kappa shape index (κ2) is 31.1. The molecule has 8 nitrogen and oxygen atoms in total. The maximum absolute atomic E-state index is 12.5. The monoisotopic (exact) mass is 667 g/mol. The van der Waals surface area contributed by atoms with E-state index in [-0.39, 0.29) is 42.7 Å². The van der Waals surface area contributed by atoms with Gasteiger partial charge in [-0.15, -0.1) is 0 Å². The zero-order chi connectivity index (χ0) is 35.0. The quantitative estimate of drug-likeness (QED) is 0.0322. The van der Waals surface area contributed by atoms with Crippen LogP contribution in [0.4, 0.5) is 0 Å². The molecule has 0 aromatic heterocycles. The summed E-state index contributed by atoms with van der Waals surface area (Å²) in [5, 5.41) is 9.56. The molecule has 0 bridgehead atoms. The minimum atomic E-state index is -0.882. The van der Waals surface area contributed by atoms with Crippen LogP contribution in [-0.2, 0) is 28.6 Å². The molecular weight excluding hydrogens is 594 g/mol. The first kappa shape index (κ1) is 44.8. The minimum absolute atomic E-state index is 0.0462. The summed E-state index contributed by atoms with van der Waals surface area (Å²) in [6.45, 7) is 4.62. The smallest absolute Gasteiger partial charge is 0.362 e. The largest absolute Gasteiger partial charge is 0.477 e. The van der Waals surface area contributed by atoms with Gasteiger partial charge in [-0.25, -0.2) is 4.79 Å². The average molecular weight is 667 g/mol. The van der Waals surface area contributed by atoms with Gasteiger partial charge >= 0.3 is 17.9 Å². The predicted octanol–water partition coefficient (Wildman–Crippen LogP) is 9.35. The standard InChI is InChI=1S/C39H71NO7/c1-6-8-10-12-14-16-17-18-19-20-21-22-24-25-27-29-37(41)46-34-35(33-45-32-31-36(39(43)44)40(3,4)5)47-38(42)30-28-26-23-15-13-11-9-7-2/h16-17,23,26,35-36H,6-15,18-22,24-25,27-34H2,1-5H3/p+1/b17-16+,26-23+. The second-order valence-electron chi connectivity index (χ2n) is 13.8. The maximum Gasteiger partial charge on any atom is 0.362 e. The predicted molar refractivity (Wildman–Crippen MR) is 192 cm³/mol. The van der Waals surface area contributed by atoms with E-state index in [1.165, 1.54) is 83.5 Å². The molecule has 0 heterocycles. The molecule has 0 amide bonds. The first-order valence-electron chi connectivity index (χ1n) is 18.9. The van der Waals surface area contributed by atoms with Crippen LogP contribution in [0.2, 0.25) is 0 Å². The first-order valence-corrected chi connectivity index (χ1v) is 18.9. The lowest BCUT2D eigenvalue weighted by Crippen LogP contribution is -2.50. The molecule has 0 aliphatic rings. The molecule has 0 saturated heterocycles. The molecule has 0 aromatic rings. The highest BCUT2D eigenvalue weighted by Gasteiger charge is 2.31. The van der Waals surface area contributed by atoms with Crippen molar-refractivity contribution >= 4 is 17.9 Å². The van der Waals surface area contributed by atoms with Gasteiger partial charge in [0.2, 0.25) is 0 Å². The number of hydrogen-bond acceptors (Lipinski definition) is 6. The molecule has 2 unspecified atom stereocenters. The summed E-state index contributed by atoms with van der Waals surface area (Å²) in [4.78, 5) is 36.6. The highest BCUT2D eigenvalue weighted by atomic mass is 16.6. The van der Waals surface area contributed by atoms with Crippen molar-refractivity contribution in [3.63, 3.8) is 0 Å². The molecular formula is C39H72NO7+. The lowest BCUT2D eigenvalue weighted by molar-refractivity contribution is -0.887. The number of rotatable bonds is 33. The molecule has 0 aliphatic heterocycles. The molecule has 1 N–H and O–H groups in total. The SMILES string of the molecule is CCCCCC/C=C/CCCCCCCCCC(=O)OCC(COCCC(C(=O)O)[N+](C)(C)C)OC(=O)CC/C=C/CCCCCC. The van der Waals surface area contributed by atoms with Crippen molar-refractivity contribution in [2.45, 2.75) is 167 Å². The van der Waals surface area contributed by atoms with Crippen LogP contribution in [0.1, 0.15) is 155 Å². The van der Waals surface area contributed by atoms with Crippen molar-refractivity contribution in [2.75, 3.05) is 41.0 Å². The lowest BCUT2D eigenvalue weighted by Gasteiger charge is -2.31. The number of quaternary nitrogens is 1. The number of carbonyl (C=O) groups is 3. The van der Waals surface area contributed by atoms with Crippen molar-refractivity contribution in [3.05, 3.63) is 24.3 Å². The Morgan fingerprint density at radius 1 is 0.617 bits per heavy atom. The normalized spacial score (nSPS) is 13.3. The van der Waals surface area contributed by atoms with Gasteiger partial charge in [-0.3, -0.25) is 9.59 Å². The number of likely N-dealkylation sites (N-methyl/N-ethyl adjacent to an activating group) is 1. The fraction of sp³-hybridized carbons (Fsp3) is 0.821. The molecule has 8 heteroatoms. The van der Waals surface area contributed by atoms with Crippen molar-refractivity contribution in [2.24, 2.45) is 0 Å². The van der Waals surface area contributed by atoms with E-state index in [0.717, 1.165) is 32.1 Å². The molecule has 0 radical (unpaired) electrons. The third kappa shape index (κ3) is 29.7. The number of aliphatic carboxylic acids is 1. The van der Waals surface area contributed by atoms with Crippen LogP contribution in [0, 0.1) is 0 Å². The van der Waals surface area contributed by atoms with E-state index >= 15 is 0 Å². The topological polar surface area (TPSA) is 99.1 Å². The Morgan fingerprint density at radius 3 is 1.62 bits per heavy atom. The van der Waals surface area contributed by atoms with E-state index in [4.69, 9.17) is 14.2 Å². The van der Waals surface area contributed by atoms with Crippen LogP contribution in [-0.4, -0.2) is 80.6 Å². The third-order valence-corrected chi connectivity index (χ3v) is 8.34. The summed E-state index contributed by atoms with van der Waals surface area (Å²) in [5.41, 5.74) is 0. The fourth-order valence-electron chi connectivity index (χ4n) is 5.34. The van der Waals surface area contributed by atoms with Crippen LogP contribution in [0.25, 0.3) is 0 Å². The number of ether oxygens (including phenoxy) is 3. The summed E-state index contributed by atoms with van der Waals surface area (Å²) in [6, 6.07) is -0.616. The Balaban J connectivity index is 4.39. The lowest BCUT2D eigenvalue weighted by atomic mass is 10.1. The highest BCUT2D eigenvalue weighted by molar-refractivity contribution is 5.72. The molecule has 0 aromatic carbocycles. The van der Waals surface area contributed by atoms with Crippen molar-refractivity contribution in [1.82, 2.24) is 0 Å². The van der Waals surface area contributed by atoms with Gasteiger partial charge in [-0.05, 0) is 51.4 Å². The zero-order valence-electron chi connectivity index (χ0n) is 31.0. The first-order chi connectivity index (χ1) is 22.6. The van der Waals surface area contributed by atoms with Gasteiger partial charge in [0, 0.05) is 19.3 Å². The minimum Gasteiger partial charge on any atom is -0.477 e. The Labute approximate surface area is 288 Å². The van der Waals surface area contributed by atoms with Crippen LogP contribution >= 0.6 is 0 Å². The van der Waals surface area contributed by atoms with Gasteiger partial charge in [-0.2, -0.15) is 0 Å². The Kier molecular flexibility index (Phi) is 29.7. The number of allylic oxidation sites excluding steroid dienone is 4. The summed E-state index contributed by atoms with van der Waals surface area (Å²) >= 11 is 0. The van der Waals surface area contributed by atoms with Gasteiger partial charge in [0.1, 0.15) is 6.61 Å². The van der Waals surface area contributed by atoms with Gasteiger partial charge in [0.15, 0.2) is 12.1 Å². The van der Waals surface area contributed by atoms with Crippen molar-refractivity contribution < 1.29 is 38.2 Å². The summed E-state index contributed by atoms with van der Waals surface area (Å²) < 4.78 is 17.1. The number of carboxylic acid groups (broad SMARTS) is 1. The van der Waals surface area contributed by atoms with Crippen LogP contribution in [0.15, 0.2) is 24.3 Å². The van der Waals surface area contributed by atoms with E-state index < -0.39 is 18.1 Å². The van der Waals surface area contributed by atoms with E-state index in [1.54, 1.807) is 0 Å². The third-order valence-electron chi connectivity index (χ3n) is 8.34. The van der Waals surface area contributed by atoms with E-state index in [0.29, 0.717) is 19.3 Å². The number of carboxylic acids is 1. The van der Waals surface area contributed by atoms with Gasteiger partial charge in [0.25, 0.3) is 0 Å². The number of hydrogen-bond donors (Lipinski definition) is 1. The molecule has 47 heavy (non-hydrogen) atoms. The number of nitrogens with zero attached hydrogens (tertiary/aromatic N) is 1. The Bertz CT molecular complexity index is 834. The Morgan fingerprint density at radius 2 is 1.11 bits per heavy atom. The summed E-state index contributed by atoms with van der Waals surface area (Å²) in [6.07, 6.45) is 31.0. The van der Waals surface area contributed by atoms with Crippen LogP contribution in [0.3, 0.4) is 0 Å². The van der Waals surface area contributed by atoms with Crippen LogP contribution in [0.5, 0.6) is 0 Å². The van der Waals surface area contributed by atoms with Gasteiger partial charge in [-0.1, -0.05) is 109 Å².